The van der Waals surface area contributed by atoms with E-state index in [0.717, 1.165) is 24.9 Å². The van der Waals surface area contributed by atoms with E-state index < -0.39 is 5.97 Å². The molecule has 0 aliphatic heterocycles. The molecular weight excluding hydrogens is 214 g/mol. The number of carboxylic acids is 1. The summed E-state index contributed by atoms with van der Waals surface area (Å²) in [5, 5.41) is 8.96. The lowest BCUT2D eigenvalue weighted by molar-refractivity contribution is -0.138. The third kappa shape index (κ3) is 5.07. The van der Waals surface area contributed by atoms with E-state index in [2.05, 4.69) is 4.90 Å². The van der Waals surface area contributed by atoms with Gasteiger partial charge in [0.2, 0.25) is 0 Å². The molecule has 0 aromatic carbocycles. The van der Waals surface area contributed by atoms with Gasteiger partial charge < -0.3 is 5.11 Å². The number of rotatable bonds is 6. The quantitative estimate of drug-likeness (QED) is 0.725. The molecular formula is C14H25NO2. The minimum Gasteiger partial charge on any atom is -0.480 e. The molecule has 0 radical (unpaired) electrons. The first-order valence-corrected chi connectivity index (χ1v) is 7.18. The average Bonchev–Trinajstić information content (AvgIpc) is 3.04. The van der Waals surface area contributed by atoms with Crippen LogP contribution in [-0.2, 0) is 4.79 Å². The van der Waals surface area contributed by atoms with E-state index in [1.807, 2.05) is 0 Å². The first kappa shape index (κ1) is 12.9. The fourth-order valence-corrected chi connectivity index (χ4v) is 2.97. The summed E-state index contributed by atoms with van der Waals surface area (Å²) in [6.07, 6.45) is 10.7. The third-order valence-electron chi connectivity index (χ3n) is 4.06. The molecule has 0 aromatic rings. The number of carboxylic acid groups (broad SMARTS) is 1. The van der Waals surface area contributed by atoms with Crippen molar-refractivity contribution in [3.63, 3.8) is 0 Å². The maximum absolute atomic E-state index is 10.9. The summed E-state index contributed by atoms with van der Waals surface area (Å²) in [5.74, 6) is 0.870. The van der Waals surface area contributed by atoms with Crippen LogP contribution in [-0.4, -0.2) is 35.6 Å². The van der Waals surface area contributed by atoms with Crippen LogP contribution >= 0.6 is 0 Å². The van der Waals surface area contributed by atoms with E-state index in [1.54, 1.807) is 0 Å². The molecule has 2 rings (SSSR count). The van der Waals surface area contributed by atoms with Crippen molar-refractivity contribution < 1.29 is 9.90 Å². The Bertz CT molecular complexity index is 243. The van der Waals surface area contributed by atoms with Gasteiger partial charge in [-0.1, -0.05) is 25.7 Å². The molecule has 2 aliphatic rings. The highest BCUT2D eigenvalue weighted by Crippen LogP contribution is 2.31. The van der Waals surface area contributed by atoms with Crippen LogP contribution in [0.4, 0.5) is 0 Å². The van der Waals surface area contributed by atoms with Crippen molar-refractivity contribution in [3.05, 3.63) is 0 Å². The Balaban J connectivity index is 1.78. The number of hydrogen-bond acceptors (Lipinski definition) is 2. The van der Waals surface area contributed by atoms with Crippen LogP contribution in [0.25, 0.3) is 0 Å². The molecule has 2 saturated carbocycles. The van der Waals surface area contributed by atoms with E-state index in [-0.39, 0.29) is 6.54 Å². The molecule has 3 nitrogen and oxygen atoms in total. The van der Waals surface area contributed by atoms with Gasteiger partial charge in [-0.2, -0.15) is 0 Å². The summed E-state index contributed by atoms with van der Waals surface area (Å²) in [6, 6.07) is 0. The molecule has 17 heavy (non-hydrogen) atoms. The van der Waals surface area contributed by atoms with Gasteiger partial charge in [-0.25, -0.2) is 0 Å². The van der Waals surface area contributed by atoms with Crippen molar-refractivity contribution in [2.24, 2.45) is 11.8 Å². The lowest BCUT2D eigenvalue weighted by Gasteiger charge is -2.25. The Hall–Kier alpha value is -0.570. The summed E-state index contributed by atoms with van der Waals surface area (Å²) >= 11 is 0. The molecule has 0 bridgehead atoms. The molecule has 0 heterocycles. The predicted molar refractivity (Wildman–Crippen MR) is 68.0 cm³/mol. The molecule has 0 aromatic heterocycles. The van der Waals surface area contributed by atoms with Gasteiger partial charge in [0.15, 0.2) is 0 Å². The van der Waals surface area contributed by atoms with E-state index in [0.29, 0.717) is 0 Å². The second-order valence-corrected chi connectivity index (χ2v) is 5.89. The Morgan fingerprint density at radius 1 is 0.941 bits per heavy atom. The molecule has 0 saturated heterocycles. The largest absolute Gasteiger partial charge is 0.480 e. The van der Waals surface area contributed by atoms with Gasteiger partial charge in [0.1, 0.15) is 0 Å². The van der Waals surface area contributed by atoms with Gasteiger partial charge in [0, 0.05) is 13.1 Å². The van der Waals surface area contributed by atoms with E-state index in [4.69, 9.17) is 5.11 Å². The number of hydrogen-bond donors (Lipinski definition) is 1. The summed E-state index contributed by atoms with van der Waals surface area (Å²) < 4.78 is 0. The first-order chi connectivity index (χ1) is 8.24. The van der Waals surface area contributed by atoms with Gasteiger partial charge >= 0.3 is 5.97 Å². The Morgan fingerprint density at radius 3 is 1.94 bits per heavy atom. The van der Waals surface area contributed by atoms with Crippen LogP contribution < -0.4 is 0 Å². The van der Waals surface area contributed by atoms with Crippen LogP contribution in [0.15, 0.2) is 0 Å². The lowest BCUT2D eigenvalue weighted by Crippen LogP contribution is -2.35. The lowest BCUT2D eigenvalue weighted by atomic mass is 9.99. The Kier molecular flexibility index (Phi) is 4.84. The first-order valence-electron chi connectivity index (χ1n) is 7.18. The van der Waals surface area contributed by atoms with E-state index in [1.165, 1.54) is 51.4 Å². The van der Waals surface area contributed by atoms with Crippen molar-refractivity contribution in [2.75, 3.05) is 19.6 Å². The average molecular weight is 239 g/mol. The fourth-order valence-electron chi connectivity index (χ4n) is 2.97. The van der Waals surface area contributed by atoms with E-state index >= 15 is 0 Å². The Morgan fingerprint density at radius 2 is 1.47 bits per heavy atom. The highest BCUT2D eigenvalue weighted by Gasteiger charge is 2.26. The fraction of sp³-hybridized carbons (Fsp3) is 0.929. The molecule has 0 spiro atoms. The highest BCUT2D eigenvalue weighted by atomic mass is 16.4. The molecule has 0 unspecified atom stereocenters. The van der Waals surface area contributed by atoms with Crippen LogP contribution in [0.5, 0.6) is 0 Å². The maximum atomic E-state index is 10.9. The van der Waals surface area contributed by atoms with Crippen LogP contribution in [0, 0.1) is 11.8 Å². The Labute approximate surface area is 104 Å². The van der Waals surface area contributed by atoms with Crippen molar-refractivity contribution in [1.29, 1.82) is 0 Å². The zero-order valence-electron chi connectivity index (χ0n) is 10.7. The van der Waals surface area contributed by atoms with Crippen LogP contribution in [0.3, 0.4) is 0 Å². The minimum atomic E-state index is -0.667. The summed E-state index contributed by atoms with van der Waals surface area (Å²) in [7, 11) is 0. The number of aliphatic carboxylic acids is 1. The van der Waals surface area contributed by atoms with Crippen molar-refractivity contribution in [2.45, 2.75) is 51.4 Å². The standard InChI is InChI=1S/C14H25NO2/c16-14(17)11-15(10-13-7-8-13)9-12-5-3-1-2-4-6-12/h12-13H,1-11H2,(H,16,17). The molecule has 3 heteroatoms. The molecule has 0 amide bonds. The summed E-state index contributed by atoms with van der Waals surface area (Å²) in [6.45, 7) is 2.28. The number of nitrogens with zero attached hydrogens (tertiary/aromatic N) is 1. The molecule has 0 atom stereocenters. The van der Waals surface area contributed by atoms with E-state index in [9.17, 15) is 4.79 Å². The molecule has 2 aliphatic carbocycles. The zero-order chi connectivity index (χ0) is 12.1. The van der Waals surface area contributed by atoms with Crippen molar-refractivity contribution in [3.8, 4) is 0 Å². The van der Waals surface area contributed by atoms with Crippen molar-refractivity contribution >= 4 is 5.97 Å². The van der Waals surface area contributed by atoms with Gasteiger partial charge in [-0.05, 0) is 37.5 Å². The van der Waals surface area contributed by atoms with Gasteiger partial charge in [0.25, 0.3) is 0 Å². The van der Waals surface area contributed by atoms with Gasteiger partial charge in [-0.15, -0.1) is 0 Å². The second kappa shape index (κ2) is 6.39. The van der Waals surface area contributed by atoms with Crippen molar-refractivity contribution in [1.82, 2.24) is 4.90 Å². The third-order valence-corrected chi connectivity index (χ3v) is 4.06. The zero-order valence-corrected chi connectivity index (χ0v) is 10.7. The summed E-state index contributed by atoms with van der Waals surface area (Å²) in [5.41, 5.74) is 0. The minimum absolute atomic E-state index is 0.243. The van der Waals surface area contributed by atoms with Crippen LogP contribution in [0.1, 0.15) is 51.4 Å². The molecule has 1 N–H and O–H groups in total. The number of carbonyl (C=O) groups is 1. The topological polar surface area (TPSA) is 40.5 Å². The molecule has 2 fully saturated rings. The van der Waals surface area contributed by atoms with Crippen LogP contribution in [0.2, 0.25) is 0 Å². The highest BCUT2D eigenvalue weighted by molar-refractivity contribution is 5.69. The van der Waals surface area contributed by atoms with Gasteiger partial charge in [-0.3, -0.25) is 9.69 Å². The van der Waals surface area contributed by atoms with Gasteiger partial charge in [0.05, 0.1) is 6.54 Å². The normalized spacial score (nSPS) is 22.6. The predicted octanol–water partition coefficient (Wildman–Crippen LogP) is 2.75. The second-order valence-electron chi connectivity index (χ2n) is 5.89. The summed E-state index contributed by atoms with van der Waals surface area (Å²) in [4.78, 5) is 13.1. The maximum Gasteiger partial charge on any atom is 0.317 e. The smallest absolute Gasteiger partial charge is 0.317 e. The molecule has 98 valence electrons. The monoisotopic (exact) mass is 239 g/mol. The SMILES string of the molecule is O=C(O)CN(CC1CCCCCC1)CC1CC1.